The van der Waals surface area contributed by atoms with Gasteiger partial charge >= 0.3 is 6.98 Å². The highest BCUT2D eigenvalue weighted by Crippen LogP contribution is 2.21. The Hall–Kier alpha value is -0.185. The van der Waals surface area contributed by atoms with Crippen LogP contribution in [0.5, 0.6) is 0 Å². The van der Waals surface area contributed by atoms with Gasteiger partial charge in [-0.1, -0.05) is 13.3 Å². The molecule has 1 unspecified atom stereocenters. The van der Waals surface area contributed by atoms with Crippen molar-refractivity contribution in [3.05, 3.63) is 0 Å². The highest BCUT2D eigenvalue weighted by Gasteiger charge is 2.27. The number of likely N-dealkylation sites (tertiary alicyclic amines) is 1. The van der Waals surface area contributed by atoms with E-state index >= 15 is 0 Å². The van der Waals surface area contributed by atoms with Gasteiger partial charge in [0.15, 0.2) is 0 Å². The van der Waals surface area contributed by atoms with Crippen LogP contribution in [0, 0.1) is 5.92 Å². The van der Waals surface area contributed by atoms with E-state index < -0.39 is 13.4 Å². The summed E-state index contributed by atoms with van der Waals surface area (Å²) >= 11 is 0. The van der Waals surface area contributed by atoms with E-state index in [4.69, 9.17) is 0 Å². The summed E-state index contributed by atoms with van der Waals surface area (Å²) in [6, 6.07) is 0. The van der Waals surface area contributed by atoms with Crippen molar-refractivity contribution in [2.45, 2.75) is 32.6 Å². The molecule has 0 aromatic heterocycles. The fourth-order valence-electron chi connectivity index (χ4n) is 2.11. The SMILES string of the molecule is CCC1CCCN(C[B-](F)(F)F)CC1. The Kier molecular flexibility index (Phi) is 4.29. The molecule has 0 amide bonds. The molecule has 0 aliphatic carbocycles. The first-order chi connectivity index (χ1) is 6.51. The summed E-state index contributed by atoms with van der Waals surface area (Å²) in [6.45, 7) is -1.27. The highest BCUT2D eigenvalue weighted by atomic mass is 19.4. The summed E-state index contributed by atoms with van der Waals surface area (Å²) in [5.41, 5.74) is 0. The van der Waals surface area contributed by atoms with Crippen molar-refractivity contribution in [1.29, 1.82) is 0 Å². The van der Waals surface area contributed by atoms with Crippen LogP contribution in [-0.4, -0.2) is 31.4 Å². The summed E-state index contributed by atoms with van der Waals surface area (Å²) in [7, 11) is 0. The summed E-state index contributed by atoms with van der Waals surface area (Å²) < 4.78 is 36.5. The molecule has 1 heterocycles. The number of rotatable bonds is 3. The third-order valence-electron chi connectivity index (χ3n) is 2.98. The molecule has 0 radical (unpaired) electrons. The van der Waals surface area contributed by atoms with Crippen molar-refractivity contribution < 1.29 is 12.9 Å². The summed E-state index contributed by atoms with van der Waals surface area (Å²) in [5.74, 6) is 0.640. The molecule has 1 saturated heterocycles. The Morgan fingerprint density at radius 2 is 1.93 bits per heavy atom. The van der Waals surface area contributed by atoms with Gasteiger partial charge in [0.25, 0.3) is 0 Å². The van der Waals surface area contributed by atoms with Crippen LogP contribution in [0.25, 0.3) is 0 Å². The molecule has 1 aliphatic heterocycles. The number of nitrogens with zero attached hydrogens (tertiary/aromatic N) is 1. The lowest BCUT2D eigenvalue weighted by molar-refractivity contribution is 0.283. The molecule has 14 heavy (non-hydrogen) atoms. The van der Waals surface area contributed by atoms with Crippen molar-refractivity contribution >= 4 is 6.98 Å². The van der Waals surface area contributed by atoms with Gasteiger partial charge in [0.2, 0.25) is 0 Å². The van der Waals surface area contributed by atoms with Crippen LogP contribution in [0.4, 0.5) is 12.9 Å². The van der Waals surface area contributed by atoms with E-state index in [0.29, 0.717) is 19.0 Å². The normalized spacial score (nSPS) is 26.1. The molecule has 1 atom stereocenters. The maximum absolute atomic E-state index is 12.2. The lowest BCUT2D eigenvalue weighted by Gasteiger charge is -2.26. The van der Waals surface area contributed by atoms with Gasteiger partial charge in [0.1, 0.15) is 0 Å². The van der Waals surface area contributed by atoms with Gasteiger partial charge in [-0.25, -0.2) is 0 Å². The van der Waals surface area contributed by atoms with Crippen LogP contribution in [0.2, 0.25) is 0 Å². The van der Waals surface area contributed by atoms with Crippen LogP contribution in [0.3, 0.4) is 0 Å². The smallest absolute Gasteiger partial charge is 0.448 e. The molecular formula is C9H18BF3N-. The largest absolute Gasteiger partial charge is 0.492 e. The van der Waals surface area contributed by atoms with E-state index in [1.807, 2.05) is 0 Å². The van der Waals surface area contributed by atoms with E-state index in [9.17, 15) is 12.9 Å². The molecule has 0 aromatic rings. The molecule has 0 saturated carbocycles. The molecule has 0 bridgehead atoms. The van der Waals surface area contributed by atoms with E-state index in [1.165, 1.54) is 0 Å². The molecule has 1 rings (SSSR count). The van der Waals surface area contributed by atoms with E-state index in [-0.39, 0.29) is 0 Å². The second-order valence-electron chi connectivity index (χ2n) is 4.22. The van der Waals surface area contributed by atoms with Crippen LogP contribution in [-0.2, 0) is 0 Å². The average molecular weight is 208 g/mol. The average Bonchev–Trinajstić information content (AvgIpc) is 2.27. The molecular weight excluding hydrogens is 190 g/mol. The molecule has 0 spiro atoms. The van der Waals surface area contributed by atoms with Gasteiger partial charge in [0, 0.05) is 0 Å². The van der Waals surface area contributed by atoms with Crippen molar-refractivity contribution in [1.82, 2.24) is 4.90 Å². The van der Waals surface area contributed by atoms with Gasteiger partial charge in [-0.05, 0) is 44.7 Å². The highest BCUT2D eigenvalue weighted by molar-refractivity contribution is 6.58. The zero-order valence-corrected chi connectivity index (χ0v) is 8.69. The van der Waals surface area contributed by atoms with E-state index in [0.717, 1.165) is 25.7 Å². The molecule has 1 nitrogen and oxygen atoms in total. The topological polar surface area (TPSA) is 3.24 Å². The fraction of sp³-hybridized carbons (Fsp3) is 1.00. The lowest BCUT2D eigenvalue weighted by atomic mass is 9.91. The van der Waals surface area contributed by atoms with Crippen molar-refractivity contribution in [2.24, 2.45) is 5.92 Å². The second kappa shape index (κ2) is 5.05. The Bertz CT molecular complexity index is 172. The standard InChI is InChI=1S/C9H18BF3N/c1-2-9-4-3-6-14(7-5-9)8-10(11,12)13/h9H,2-8H2,1H3/q-1. The Morgan fingerprint density at radius 1 is 1.21 bits per heavy atom. The van der Waals surface area contributed by atoms with Gasteiger partial charge in [0.05, 0.1) is 0 Å². The maximum Gasteiger partial charge on any atom is 0.492 e. The predicted molar refractivity (Wildman–Crippen MR) is 53.2 cm³/mol. The number of halogens is 3. The Morgan fingerprint density at radius 3 is 2.50 bits per heavy atom. The number of hydrogen-bond acceptors (Lipinski definition) is 1. The Balaban J connectivity index is 2.34. The van der Waals surface area contributed by atoms with Gasteiger partial charge in [-0.15, -0.1) is 0 Å². The van der Waals surface area contributed by atoms with Crippen molar-refractivity contribution in [2.75, 3.05) is 19.5 Å². The summed E-state index contributed by atoms with van der Waals surface area (Å²) in [4.78, 5) is 1.57. The molecule has 1 fully saturated rings. The van der Waals surface area contributed by atoms with Crippen LogP contribution in [0.15, 0.2) is 0 Å². The van der Waals surface area contributed by atoms with E-state index in [2.05, 4.69) is 6.92 Å². The third kappa shape index (κ3) is 4.35. The first-order valence-electron chi connectivity index (χ1n) is 5.44. The van der Waals surface area contributed by atoms with Gasteiger partial charge < -0.3 is 17.8 Å². The molecule has 5 heteroatoms. The predicted octanol–water partition coefficient (Wildman–Crippen LogP) is 2.89. The Labute approximate surface area is 83.7 Å². The maximum atomic E-state index is 12.2. The van der Waals surface area contributed by atoms with Crippen molar-refractivity contribution in [3.8, 4) is 0 Å². The molecule has 84 valence electrons. The first-order valence-corrected chi connectivity index (χ1v) is 5.44. The monoisotopic (exact) mass is 208 g/mol. The fourth-order valence-corrected chi connectivity index (χ4v) is 2.11. The van der Waals surface area contributed by atoms with Crippen molar-refractivity contribution in [3.63, 3.8) is 0 Å². The zero-order valence-electron chi connectivity index (χ0n) is 8.69. The summed E-state index contributed by atoms with van der Waals surface area (Å²) in [5, 5.41) is 0. The van der Waals surface area contributed by atoms with E-state index in [1.54, 1.807) is 4.90 Å². The third-order valence-corrected chi connectivity index (χ3v) is 2.98. The van der Waals surface area contributed by atoms with Crippen LogP contribution < -0.4 is 0 Å². The van der Waals surface area contributed by atoms with Gasteiger partial charge in [-0.2, -0.15) is 0 Å². The first kappa shape index (κ1) is 11.9. The summed E-state index contributed by atoms with van der Waals surface area (Å²) in [6.07, 6.45) is 3.38. The number of hydrogen-bond donors (Lipinski definition) is 0. The zero-order chi connectivity index (χ0) is 10.6. The minimum atomic E-state index is -4.64. The van der Waals surface area contributed by atoms with Crippen LogP contribution >= 0.6 is 0 Å². The second-order valence-corrected chi connectivity index (χ2v) is 4.22. The van der Waals surface area contributed by atoms with Crippen LogP contribution in [0.1, 0.15) is 32.6 Å². The lowest BCUT2D eigenvalue weighted by Crippen LogP contribution is -2.38. The van der Waals surface area contributed by atoms with Gasteiger partial charge in [-0.3, -0.25) is 0 Å². The molecule has 0 N–H and O–H groups in total. The minimum Gasteiger partial charge on any atom is -0.448 e. The minimum absolute atomic E-state index is 0.623. The molecule has 1 aliphatic rings. The molecule has 0 aromatic carbocycles. The quantitative estimate of drug-likeness (QED) is 0.644.